The summed E-state index contributed by atoms with van der Waals surface area (Å²) in [5, 5.41) is 8.01. The van der Waals surface area contributed by atoms with Crippen LogP contribution < -0.4 is 25.0 Å². The lowest BCUT2D eigenvalue weighted by Crippen LogP contribution is -2.33. The number of carbonyl (C=O) groups excluding carboxylic acids is 1. The predicted octanol–water partition coefficient (Wildman–Crippen LogP) is 5.17. The van der Waals surface area contributed by atoms with Crippen LogP contribution in [0.4, 0.5) is 11.8 Å². The molecule has 1 aromatic heterocycles. The van der Waals surface area contributed by atoms with Gasteiger partial charge in [0.1, 0.15) is 5.82 Å². The summed E-state index contributed by atoms with van der Waals surface area (Å²) in [6.07, 6.45) is 7.25. The fraction of sp³-hybridized carbons (Fsp3) is 0.393. The number of benzene rings is 2. The van der Waals surface area contributed by atoms with Gasteiger partial charge in [0, 0.05) is 38.1 Å². The number of anilines is 2. The minimum Gasteiger partial charge on any atom is -0.493 e. The standard InChI is InChI=1S/C28H34ClN5O3/c1-34(2)27-21-7-5-6-8-22(21)32-28(33-27)31-20-13-9-18(10-14-20)17-30-24(35)16-12-19-11-15-23(36-3)26(37-4)25(19)29/h5-8,11-12,15-16,18,20H,9-10,13-14,17H2,1-4H3,(H,30,35)(H,31,32,33)/b16-12+/t18-,20+. The number of para-hydroxylation sites is 1. The molecule has 3 aromatic rings. The topological polar surface area (TPSA) is 88.6 Å². The second-order valence-corrected chi connectivity index (χ2v) is 9.81. The molecule has 4 rings (SSSR count). The predicted molar refractivity (Wildman–Crippen MR) is 150 cm³/mol. The van der Waals surface area contributed by atoms with Crippen LogP contribution in [0.2, 0.25) is 5.02 Å². The Balaban J connectivity index is 1.27. The van der Waals surface area contributed by atoms with E-state index in [1.54, 1.807) is 25.3 Å². The average Bonchev–Trinajstić information content (AvgIpc) is 2.91. The zero-order valence-corrected chi connectivity index (χ0v) is 22.5. The van der Waals surface area contributed by atoms with E-state index >= 15 is 0 Å². The van der Waals surface area contributed by atoms with Crippen LogP contribution in [0.15, 0.2) is 42.5 Å². The normalized spacial score (nSPS) is 17.5. The molecule has 0 bridgehead atoms. The lowest BCUT2D eigenvalue weighted by Gasteiger charge is -2.29. The largest absolute Gasteiger partial charge is 0.493 e. The van der Waals surface area contributed by atoms with E-state index in [2.05, 4.69) is 10.6 Å². The van der Waals surface area contributed by atoms with Crippen LogP contribution in [0.3, 0.4) is 0 Å². The van der Waals surface area contributed by atoms with Crippen molar-refractivity contribution >= 4 is 46.3 Å². The quantitative estimate of drug-likeness (QED) is 0.374. The molecule has 1 saturated carbocycles. The number of ether oxygens (including phenoxy) is 2. The third-order valence-corrected chi connectivity index (χ3v) is 7.07. The Labute approximate surface area is 223 Å². The molecule has 9 heteroatoms. The molecule has 37 heavy (non-hydrogen) atoms. The molecule has 1 aliphatic rings. The van der Waals surface area contributed by atoms with Gasteiger partial charge in [-0.3, -0.25) is 4.79 Å². The number of hydrogen-bond donors (Lipinski definition) is 2. The number of methoxy groups -OCH3 is 2. The summed E-state index contributed by atoms with van der Waals surface area (Å²) in [5.41, 5.74) is 1.62. The molecule has 0 spiro atoms. The summed E-state index contributed by atoms with van der Waals surface area (Å²) in [6.45, 7) is 0.646. The zero-order valence-electron chi connectivity index (χ0n) is 21.8. The second kappa shape index (κ2) is 12.1. The van der Waals surface area contributed by atoms with Crippen molar-refractivity contribution in [2.45, 2.75) is 31.7 Å². The molecular formula is C28H34ClN5O3. The number of aromatic nitrogens is 2. The van der Waals surface area contributed by atoms with E-state index in [0.717, 1.165) is 42.4 Å². The number of hydrogen-bond acceptors (Lipinski definition) is 7. The Kier molecular flexibility index (Phi) is 8.71. The van der Waals surface area contributed by atoms with E-state index in [9.17, 15) is 4.79 Å². The van der Waals surface area contributed by atoms with Gasteiger partial charge in [-0.15, -0.1) is 0 Å². The maximum atomic E-state index is 12.4. The van der Waals surface area contributed by atoms with Gasteiger partial charge >= 0.3 is 0 Å². The molecule has 2 aromatic carbocycles. The van der Waals surface area contributed by atoms with Gasteiger partial charge in [0.25, 0.3) is 0 Å². The highest BCUT2D eigenvalue weighted by atomic mass is 35.5. The Morgan fingerprint density at radius 1 is 1.08 bits per heavy atom. The minimum absolute atomic E-state index is 0.146. The van der Waals surface area contributed by atoms with E-state index in [4.69, 9.17) is 31.0 Å². The minimum atomic E-state index is -0.146. The van der Waals surface area contributed by atoms with Crippen molar-refractivity contribution in [2.24, 2.45) is 5.92 Å². The van der Waals surface area contributed by atoms with Gasteiger partial charge in [-0.25, -0.2) is 4.98 Å². The molecule has 1 aliphatic carbocycles. The number of amides is 1. The van der Waals surface area contributed by atoms with Crippen molar-refractivity contribution in [3.63, 3.8) is 0 Å². The first kappa shape index (κ1) is 26.5. The van der Waals surface area contributed by atoms with Crippen molar-refractivity contribution in [3.05, 3.63) is 53.1 Å². The summed E-state index contributed by atoms with van der Waals surface area (Å²) in [5.74, 6) is 2.86. The Morgan fingerprint density at radius 2 is 1.84 bits per heavy atom. The van der Waals surface area contributed by atoms with Crippen molar-refractivity contribution in [2.75, 3.05) is 45.1 Å². The van der Waals surface area contributed by atoms with E-state index in [1.807, 2.05) is 43.3 Å². The Morgan fingerprint density at radius 3 is 2.54 bits per heavy atom. The van der Waals surface area contributed by atoms with E-state index in [0.29, 0.717) is 46.5 Å². The molecule has 2 N–H and O–H groups in total. The molecule has 0 saturated heterocycles. The van der Waals surface area contributed by atoms with E-state index in [-0.39, 0.29) is 5.91 Å². The first-order valence-corrected chi connectivity index (χ1v) is 12.8. The highest BCUT2D eigenvalue weighted by molar-refractivity contribution is 6.33. The summed E-state index contributed by atoms with van der Waals surface area (Å²) in [4.78, 5) is 23.9. The molecular weight excluding hydrogens is 490 g/mol. The third-order valence-electron chi connectivity index (χ3n) is 6.68. The maximum Gasteiger partial charge on any atom is 0.244 e. The fourth-order valence-electron chi connectivity index (χ4n) is 4.66. The van der Waals surface area contributed by atoms with Gasteiger partial charge in [0.15, 0.2) is 11.5 Å². The van der Waals surface area contributed by atoms with Gasteiger partial charge < -0.3 is 25.0 Å². The number of carbonyl (C=O) groups is 1. The summed E-state index contributed by atoms with van der Waals surface area (Å²) < 4.78 is 10.6. The van der Waals surface area contributed by atoms with Crippen LogP contribution >= 0.6 is 11.6 Å². The molecule has 196 valence electrons. The van der Waals surface area contributed by atoms with Gasteiger partial charge in [0.05, 0.1) is 24.8 Å². The second-order valence-electron chi connectivity index (χ2n) is 9.43. The van der Waals surface area contributed by atoms with Crippen LogP contribution in [-0.2, 0) is 4.79 Å². The average molecular weight is 524 g/mol. The number of rotatable bonds is 9. The van der Waals surface area contributed by atoms with Crippen LogP contribution in [0.5, 0.6) is 11.5 Å². The SMILES string of the molecule is COc1ccc(/C=C/C(=O)NC[C@H]2CC[C@@H](Nc3nc(N(C)C)c4ccccc4n3)CC2)c(Cl)c1OC. The third kappa shape index (κ3) is 6.43. The monoisotopic (exact) mass is 523 g/mol. The van der Waals surface area contributed by atoms with Gasteiger partial charge in [0.2, 0.25) is 11.9 Å². The van der Waals surface area contributed by atoms with Gasteiger partial charge in [-0.2, -0.15) is 4.98 Å². The molecule has 0 unspecified atom stereocenters. The number of fused-ring (bicyclic) bond motifs is 1. The summed E-state index contributed by atoms with van der Waals surface area (Å²) in [7, 11) is 7.08. The van der Waals surface area contributed by atoms with Crippen LogP contribution in [-0.4, -0.2) is 56.8 Å². The summed E-state index contributed by atoms with van der Waals surface area (Å²) >= 11 is 6.39. The lowest BCUT2D eigenvalue weighted by molar-refractivity contribution is -0.116. The van der Waals surface area contributed by atoms with E-state index in [1.165, 1.54) is 13.2 Å². The highest BCUT2D eigenvalue weighted by Gasteiger charge is 2.22. The van der Waals surface area contributed by atoms with Crippen molar-refractivity contribution in [1.29, 1.82) is 0 Å². The molecule has 1 heterocycles. The van der Waals surface area contributed by atoms with Crippen LogP contribution in [0.1, 0.15) is 31.2 Å². The van der Waals surface area contributed by atoms with Gasteiger partial charge in [-0.1, -0.05) is 23.7 Å². The lowest BCUT2D eigenvalue weighted by atomic mass is 9.86. The number of nitrogens with zero attached hydrogens (tertiary/aromatic N) is 3. The fourth-order valence-corrected chi connectivity index (χ4v) is 4.96. The molecule has 8 nitrogen and oxygen atoms in total. The van der Waals surface area contributed by atoms with Gasteiger partial charge in [-0.05, 0) is 67.5 Å². The van der Waals surface area contributed by atoms with Crippen LogP contribution in [0, 0.1) is 5.92 Å². The van der Waals surface area contributed by atoms with Crippen molar-refractivity contribution in [3.8, 4) is 11.5 Å². The highest BCUT2D eigenvalue weighted by Crippen LogP contribution is 2.37. The van der Waals surface area contributed by atoms with Crippen molar-refractivity contribution < 1.29 is 14.3 Å². The molecule has 1 fully saturated rings. The Hall–Kier alpha value is -3.52. The maximum absolute atomic E-state index is 12.4. The molecule has 0 atom stereocenters. The number of nitrogens with one attached hydrogen (secondary N) is 2. The van der Waals surface area contributed by atoms with E-state index < -0.39 is 0 Å². The first-order valence-electron chi connectivity index (χ1n) is 12.5. The zero-order chi connectivity index (χ0) is 26.4. The Bertz CT molecular complexity index is 1270. The number of halogens is 1. The molecule has 0 aliphatic heterocycles. The summed E-state index contributed by atoms with van der Waals surface area (Å²) in [6, 6.07) is 11.9. The van der Waals surface area contributed by atoms with Crippen LogP contribution in [0.25, 0.3) is 17.0 Å². The molecule has 1 amide bonds. The van der Waals surface area contributed by atoms with Crippen molar-refractivity contribution in [1.82, 2.24) is 15.3 Å². The smallest absolute Gasteiger partial charge is 0.244 e. The first-order chi connectivity index (χ1) is 17.9. The molecule has 0 radical (unpaired) electrons.